The van der Waals surface area contributed by atoms with Crippen LogP contribution in [0.5, 0.6) is 0 Å². The number of carboxylic acids is 1. The number of aromatic carboxylic acids is 1. The summed E-state index contributed by atoms with van der Waals surface area (Å²) in [6.07, 6.45) is 0.778. The van der Waals surface area contributed by atoms with Crippen LogP contribution in [-0.2, 0) is 17.6 Å². The number of nitrogens with zero attached hydrogens (tertiary/aromatic N) is 1. The average Bonchev–Trinajstić information content (AvgIpc) is 2.55. The van der Waals surface area contributed by atoms with Gasteiger partial charge in [0.2, 0.25) is 5.91 Å². The highest BCUT2D eigenvalue weighted by atomic mass is 19.1. The zero-order valence-corrected chi connectivity index (χ0v) is 13.3. The third-order valence-corrected chi connectivity index (χ3v) is 4.49. The molecule has 0 spiro atoms. The van der Waals surface area contributed by atoms with Crippen molar-refractivity contribution in [2.24, 2.45) is 0 Å². The lowest BCUT2D eigenvalue weighted by Gasteiger charge is -2.35. The van der Waals surface area contributed by atoms with E-state index in [1.54, 1.807) is 23.1 Å². The molecule has 0 radical (unpaired) electrons. The Balaban J connectivity index is 1.77. The minimum Gasteiger partial charge on any atom is -0.478 e. The molecule has 3 rings (SSSR count). The Morgan fingerprint density at radius 3 is 2.79 bits per heavy atom. The van der Waals surface area contributed by atoms with Crippen LogP contribution < -0.4 is 0 Å². The Morgan fingerprint density at radius 1 is 1.25 bits per heavy atom. The molecule has 0 saturated heterocycles. The SMILES string of the molecule is CC1c2ccc(F)cc2CCN1C(=O)Cc1cccc(C(=O)O)c1. The Hall–Kier alpha value is -2.69. The maximum atomic E-state index is 13.3. The van der Waals surface area contributed by atoms with Crippen LogP contribution in [0, 0.1) is 5.82 Å². The van der Waals surface area contributed by atoms with Gasteiger partial charge in [-0.25, -0.2) is 9.18 Å². The molecule has 0 aromatic heterocycles. The first-order valence-corrected chi connectivity index (χ1v) is 7.85. The summed E-state index contributed by atoms with van der Waals surface area (Å²) in [7, 11) is 0. The van der Waals surface area contributed by atoms with E-state index in [-0.39, 0.29) is 29.8 Å². The Morgan fingerprint density at radius 2 is 2.04 bits per heavy atom. The van der Waals surface area contributed by atoms with Crippen molar-refractivity contribution in [2.75, 3.05) is 6.54 Å². The summed E-state index contributed by atoms with van der Waals surface area (Å²) in [5.41, 5.74) is 2.76. The topological polar surface area (TPSA) is 57.6 Å². The molecule has 1 aliphatic heterocycles. The second-order valence-electron chi connectivity index (χ2n) is 6.04. The Bertz CT molecular complexity index is 803. The maximum absolute atomic E-state index is 13.3. The smallest absolute Gasteiger partial charge is 0.335 e. The summed E-state index contributed by atoms with van der Waals surface area (Å²) in [5.74, 6) is -1.32. The van der Waals surface area contributed by atoms with Gasteiger partial charge >= 0.3 is 5.97 Å². The first-order valence-electron chi connectivity index (χ1n) is 7.85. The largest absolute Gasteiger partial charge is 0.478 e. The summed E-state index contributed by atoms with van der Waals surface area (Å²) in [5, 5.41) is 9.04. The number of carbonyl (C=O) groups is 2. The standard InChI is InChI=1S/C19H18FNO3/c1-12-17-6-5-16(20)11-14(17)7-8-21(12)18(22)10-13-3-2-4-15(9-13)19(23)24/h2-6,9,11-12H,7-8,10H2,1H3,(H,23,24). The van der Waals surface area contributed by atoms with E-state index >= 15 is 0 Å². The van der Waals surface area contributed by atoms with Crippen LogP contribution in [0.15, 0.2) is 42.5 Å². The highest BCUT2D eigenvalue weighted by Gasteiger charge is 2.27. The number of carboxylic acid groups (broad SMARTS) is 1. The summed E-state index contributed by atoms with van der Waals surface area (Å²) >= 11 is 0. The summed E-state index contributed by atoms with van der Waals surface area (Å²) in [6.45, 7) is 2.47. The Labute approximate surface area is 139 Å². The number of hydrogen-bond donors (Lipinski definition) is 1. The van der Waals surface area contributed by atoms with Crippen molar-refractivity contribution in [2.45, 2.75) is 25.8 Å². The molecule has 0 saturated carbocycles. The minimum absolute atomic E-state index is 0.0555. The third-order valence-electron chi connectivity index (χ3n) is 4.49. The van der Waals surface area contributed by atoms with Crippen molar-refractivity contribution in [3.05, 3.63) is 70.5 Å². The number of carbonyl (C=O) groups excluding carboxylic acids is 1. The fraction of sp³-hybridized carbons (Fsp3) is 0.263. The maximum Gasteiger partial charge on any atom is 0.335 e. The van der Waals surface area contributed by atoms with E-state index in [2.05, 4.69) is 0 Å². The molecule has 1 aliphatic rings. The van der Waals surface area contributed by atoms with Gasteiger partial charge in [0, 0.05) is 6.54 Å². The lowest BCUT2D eigenvalue weighted by atomic mass is 9.93. The molecule has 4 nitrogen and oxygen atoms in total. The second-order valence-corrected chi connectivity index (χ2v) is 6.04. The van der Waals surface area contributed by atoms with Gasteiger partial charge in [0.05, 0.1) is 18.0 Å². The molecule has 1 N–H and O–H groups in total. The Kier molecular flexibility index (Phi) is 4.34. The third kappa shape index (κ3) is 3.15. The lowest BCUT2D eigenvalue weighted by Crippen LogP contribution is -2.39. The fourth-order valence-corrected chi connectivity index (χ4v) is 3.23. The van der Waals surface area contributed by atoms with Gasteiger partial charge in [-0.15, -0.1) is 0 Å². The number of hydrogen-bond acceptors (Lipinski definition) is 2. The van der Waals surface area contributed by atoms with Crippen LogP contribution in [0.25, 0.3) is 0 Å². The number of rotatable bonds is 3. The second kappa shape index (κ2) is 6.43. The number of halogens is 1. The van der Waals surface area contributed by atoms with Crippen molar-refractivity contribution in [1.82, 2.24) is 4.90 Å². The molecule has 1 atom stereocenters. The van der Waals surface area contributed by atoms with E-state index in [0.29, 0.717) is 18.5 Å². The van der Waals surface area contributed by atoms with E-state index in [1.807, 2.05) is 6.92 Å². The van der Waals surface area contributed by atoms with Crippen molar-refractivity contribution in [3.8, 4) is 0 Å². The van der Waals surface area contributed by atoms with Gasteiger partial charge in [0.15, 0.2) is 0 Å². The first kappa shape index (κ1) is 16.2. The zero-order chi connectivity index (χ0) is 17.3. The number of fused-ring (bicyclic) bond motifs is 1. The normalized spacial score (nSPS) is 16.6. The van der Waals surface area contributed by atoms with Gasteiger partial charge in [-0.2, -0.15) is 0 Å². The summed E-state index contributed by atoms with van der Waals surface area (Å²) in [4.78, 5) is 25.4. The minimum atomic E-state index is -1.01. The number of amides is 1. The predicted molar refractivity (Wildman–Crippen MR) is 87.3 cm³/mol. The summed E-state index contributed by atoms with van der Waals surface area (Å²) < 4.78 is 13.3. The average molecular weight is 327 g/mol. The van der Waals surface area contributed by atoms with Gasteiger partial charge in [0.25, 0.3) is 0 Å². The van der Waals surface area contributed by atoms with Gasteiger partial charge in [0.1, 0.15) is 5.82 Å². The molecular weight excluding hydrogens is 309 g/mol. The quantitative estimate of drug-likeness (QED) is 0.942. The van der Waals surface area contributed by atoms with Crippen molar-refractivity contribution < 1.29 is 19.1 Å². The summed E-state index contributed by atoms with van der Waals surface area (Å²) in [6, 6.07) is 11.0. The monoisotopic (exact) mass is 327 g/mol. The highest BCUT2D eigenvalue weighted by molar-refractivity contribution is 5.88. The van der Waals surface area contributed by atoms with E-state index in [9.17, 15) is 14.0 Å². The molecule has 124 valence electrons. The van der Waals surface area contributed by atoms with E-state index in [0.717, 1.165) is 11.1 Å². The molecule has 24 heavy (non-hydrogen) atoms. The van der Waals surface area contributed by atoms with Gasteiger partial charge in [-0.3, -0.25) is 4.79 Å². The van der Waals surface area contributed by atoms with Crippen LogP contribution in [0.3, 0.4) is 0 Å². The van der Waals surface area contributed by atoms with Crippen molar-refractivity contribution in [3.63, 3.8) is 0 Å². The molecular formula is C19H18FNO3. The molecule has 2 aromatic carbocycles. The van der Waals surface area contributed by atoms with Gasteiger partial charge in [-0.1, -0.05) is 18.2 Å². The molecule has 1 heterocycles. The van der Waals surface area contributed by atoms with E-state index in [1.165, 1.54) is 24.3 Å². The predicted octanol–water partition coefficient (Wildman–Crippen LogP) is 3.21. The fourth-order valence-electron chi connectivity index (χ4n) is 3.23. The molecule has 0 bridgehead atoms. The molecule has 1 unspecified atom stereocenters. The van der Waals surface area contributed by atoms with Crippen LogP contribution in [0.1, 0.15) is 40.0 Å². The van der Waals surface area contributed by atoms with Crippen LogP contribution in [-0.4, -0.2) is 28.4 Å². The molecule has 1 amide bonds. The van der Waals surface area contributed by atoms with Gasteiger partial charge < -0.3 is 10.0 Å². The van der Waals surface area contributed by atoms with E-state index in [4.69, 9.17) is 5.11 Å². The first-order chi connectivity index (χ1) is 11.5. The van der Waals surface area contributed by atoms with Crippen molar-refractivity contribution >= 4 is 11.9 Å². The molecule has 5 heteroatoms. The molecule has 0 aliphatic carbocycles. The molecule has 0 fully saturated rings. The zero-order valence-electron chi connectivity index (χ0n) is 13.3. The van der Waals surface area contributed by atoms with Crippen LogP contribution >= 0.6 is 0 Å². The van der Waals surface area contributed by atoms with Crippen molar-refractivity contribution in [1.29, 1.82) is 0 Å². The molecule has 2 aromatic rings. The lowest BCUT2D eigenvalue weighted by molar-refractivity contribution is -0.133. The van der Waals surface area contributed by atoms with Crippen LogP contribution in [0.2, 0.25) is 0 Å². The van der Waals surface area contributed by atoms with E-state index < -0.39 is 5.97 Å². The van der Waals surface area contributed by atoms with Gasteiger partial charge in [-0.05, 0) is 54.3 Å². The van der Waals surface area contributed by atoms with Crippen LogP contribution in [0.4, 0.5) is 4.39 Å². The number of benzene rings is 2. The highest BCUT2D eigenvalue weighted by Crippen LogP contribution is 2.30.